The van der Waals surface area contributed by atoms with Crippen LogP contribution in [0.4, 0.5) is 5.13 Å². The first-order chi connectivity index (χ1) is 6.59. The molecule has 4 nitrogen and oxygen atoms in total. The van der Waals surface area contributed by atoms with E-state index in [1.807, 2.05) is 19.0 Å². The zero-order chi connectivity index (χ0) is 10.3. The highest BCUT2D eigenvalue weighted by Gasteiger charge is 2.45. The Morgan fingerprint density at radius 1 is 1.71 bits per heavy atom. The molecule has 5 heteroatoms. The molecule has 1 heterocycles. The molecule has 1 N–H and O–H groups in total. The Labute approximate surface area is 86.2 Å². The summed E-state index contributed by atoms with van der Waals surface area (Å²) in [5, 5.41) is 9.72. The zero-order valence-corrected chi connectivity index (χ0v) is 8.91. The van der Waals surface area contributed by atoms with E-state index in [4.69, 9.17) is 5.11 Å². The molecule has 0 spiro atoms. The van der Waals surface area contributed by atoms with Crippen LogP contribution in [-0.2, 0) is 4.79 Å². The number of aromatic nitrogens is 1. The van der Waals surface area contributed by atoms with Gasteiger partial charge in [-0.05, 0) is 6.42 Å². The maximum absolute atomic E-state index is 10.7. The smallest absolute Gasteiger partial charge is 0.307 e. The summed E-state index contributed by atoms with van der Waals surface area (Å²) in [5.41, 5.74) is 0. The molecule has 0 radical (unpaired) electrons. The van der Waals surface area contributed by atoms with Crippen molar-refractivity contribution in [3.63, 3.8) is 0 Å². The number of nitrogens with zero attached hydrogens (tertiary/aromatic N) is 2. The highest BCUT2D eigenvalue weighted by atomic mass is 32.1. The van der Waals surface area contributed by atoms with E-state index in [0.717, 1.165) is 16.4 Å². The fourth-order valence-corrected chi connectivity index (χ4v) is 2.45. The molecule has 1 fully saturated rings. The normalized spacial score (nSPS) is 24.7. The number of hydrogen-bond donors (Lipinski definition) is 1. The van der Waals surface area contributed by atoms with Crippen LogP contribution in [0.1, 0.15) is 17.2 Å². The van der Waals surface area contributed by atoms with Gasteiger partial charge in [0.1, 0.15) is 0 Å². The van der Waals surface area contributed by atoms with Crippen LogP contribution < -0.4 is 4.90 Å². The number of aliphatic carboxylic acids is 1. The monoisotopic (exact) mass is 212 g/mol. The van der Waals surface area contributed by atoms with Crippen LogP contribution in [0, 0.1) is 5.92 Å². The van der Waals surface area contributed by atoms with Crippen molar-refractivity contribution < 1.29 is 9.90 Å². The van der Waals surface area contributed by atoms with Crippen LogP contribution in [0.5, 0.6) is 0 Å². The molecule has 1 aliphatic carbocycles. The average Bonchev–Trinajstić information content (AvgIpc) is 2.76. The van der Waals surface area contributed by atoms with Gasteiger partial charge in [-0.3, -0.25) is 4.79 Å². The molecular weight excluding hydrogens is 200 g/mol. The van der Waals surface area contributed by atoms with Gasteiger partial charge in [-0.15, -0.1) is 11.3 Å². The molecule has 0 aromatic carbocycles. The maximum atomic E-state index is 10.7. The largest absolute Gasteiger partial charge is 0.481 e. The molecule has 1 aromatic rings. The van der Waals surface area contributed by atoms with Gasteiger partial charge in [0.05, 0.1) is 5.92 Å². The molecular formula is C9H12N2O2S. The van der Waals surface area contributed by atoms with Crippen molar-refractivity contribution in [3.05, 3.63) is 11.1 Å². The van der Waals surface area contributed by atoms with Crippen molar-refractivity contribution in [2.75, 3.05) is 19.0 Å². The van der Waals surface area contributed by atoms with E-state index in [1.165, 1.54) is 0 Å². The Balaban J connectivity index is 2.09. The molecule has 1 aliphatic rings. The van der Waals surface area contributed by atoms with Crippen LogP contribution in [0.3, 0.4) is 0 Å². The zero-order valence-electron chi connectivity index (χ0n) is 8.10. The minimum atomic E-state index is -0.685. The Bertz CT molecular complexity index is 361. The lowest BCUT2D eigenvalue weighted by Crippen LogP contribution is -2.07. The SMILES string of the molecule is CN(C)c1ncc([C@@H]2C[C@H]2C(=O)O)s1. The molecule has 0 bridgehead atoms. The third-order valence-electron chi connectivity index (χ3n) is 2.37. The second kappa shape index (κ2) is 3.24. The first-order valence-electron chi connectivity index (χ1n) is 4.45. The van der Waals surface area contributed by atoms with Gasteiger partial charge in [0.2, 0.25) is 0 Å². The van der Waals surface area contributed by atoms with E-state index in [9.17, 15) is 4.79 Å². The Kier molecular flexibility index (Phi) is 2.19. The van der Waals surface area contributed by atoms with E-state index in [2.05, 4.69) is 4.98 Å². The van der Waals surface area contributed by atoms with Crippen LogP contribution >= 0.6 is 11.3 Å². The average molecular weight is 212 g/mol. The first-order valence-corrected chi connectivity index (χ1v) is 5.27. The molecule has 0 amide bonds. The van der Waals surface area contributed by atoms with Gasteiger partial charge in [0, 0.05) is 31.1 Å². The van der Waals surface area contributed by atoms with E-state index in [1.54, 1.807) is 17.5 Å². The standard InChI is InChI=1S/C9H12N2O2S/c1-11(2)9-10-4-7(14-9)5-3-6(5)8(12)13/h4-6H,3H2,1-2H3,(H,12,13)/t5-,6-/m1/s1. The number of hydrogen-bond acceptors (Lipinski definition) is 4. The second-order valence-corrected chi connectivity index (χ2v) is 4.77. The summed E-state index contributed by atoms with van der Waals surface area (Å²) in [7, 11) is 3.87. The van der Waals surface area contributed by atoms with Gasteiger partial charge in [0.25, 0.3) is 0 Å². The Hall–Kier alpha value is -1.10. The van der Waals surface area contributed by atoms with E-state index < -0.39 is 5.97 Å². The highest BCUT2D eigenvalue weighted by Crippen LogP contribution is 2.49. The van der Waals surface area contributed by atoms with Gasteiger partial charge in [-0.2, -0.15) is 0 Å². The third-order valence-corrected chi connectivity index (χ3v) is 3.66. The molecule has 76 valence electrons. The summed E-state index contributed by atoms with van der Waals surface area (Å²) in [6, 6.07) is 0. The fourth-order valence-electron chi connectivity index (χ4n) is 1.44. The van der Waals surface area contributed by atoms with Crippen LogP contribution in [0.15, 0.2) is 6.20 Å². The molecule has 0 aliphatic heterocycles. The lowest BCUT2D eigenvalue weighted by Gasteiger charge is -2.04. The Morgan fingerprint density at radius 2 is 2.43 bits per heavy atom. The molecule has 2 atom stereocenters. The second-order valence-electron chi connectivity index (χ2n) is 3.73. The molecule has 2 rings (SSSR count). The van der Waals surface area contributed by atoms with Gasteiger partial charge in [-0.1, -0.05) is 0 Å². The van der Waals surface area contributed by atoms with E-state index in [-0.39, 0.29) is 11.8 Å². The quantitative estimate of drug-likeness (QED) is 0.822. The van der Waals surface area contributed by atoms with Crippen LogP contribution in [-0.4, -0.2) is 30.2 Å². The van der Waals surface area contributed by atoms with Crippen molar-refractivity contribution in [1.82, 2.24) is 4.98 Å². The Morgan fingerprint density at radius 3 is 2.86 bits per heavy atom. The summed E-state index contributed by atoms with van der Waals surface area (Å²) in [6.45, 7) is 0. The molecule has 0 saturated heterocycles. The number of carbonyl (C=O) groups is 1. The summed E-state index contributed by atoms with van der Waals surface area (Å²) in [4.78, 5) is 17.9. The summed E-state index contributed by atoms with van der Waals surface area (Å²) >= 11 is 1.58. The van der Waals surface area contributed by atoms with Crippen molar-refractivity contribution >= 4 is 22.4 Å². The minimum absolute atomic E-state index is 0.175. The number of rotatable bonds is 3. The van der Waals surface area contributed by atoms with Crippen LogP contribution in [0.25, 0.3) is 0 Å². The first kappa shape index (κ1) is 9.45. The minimum Gasteiger partial charge on any atom is -0.481 e. The topological polar surface area (TPSA) is 53.4 Å². The molecule has 14 heavy (non-hydrogen) atoms. The van der Waals surface area contributed by atoms with Crippen molar-refractivity contribution in [3.8, 4) is 0 Å². The molecule has 0 unspecified atom stereocenters. The maximum Gasteiger partial charge on any atom is 0.307 e. The molecule has 1 saturated carbocycles. The lowest BCUT2D eigenvalue weighted by molar-refractivity contribution is -0.138. The van der Waals surface area contributed by atoms with Gasteiger partial charge >= 0.3 is 5.97 Å². The van der Waals surface area contributed by atoms with Crippen LogP contribution in [0.2, 0.25) is 0 Å². The van der Waals surface area contributed by atoms with Gasteiger partial charge in [-0.25, -0.2) is 4.98 Å². The number of thiazole rings is 1. The van der Waals surface area contributed by atoms with E-state index in [0.29, 0.717) is 0 Å². The predicted molar refractivity (Wildman–Crippen MR) is 54.9 cm³/mol. The number of anilines is 1. The van der Waals surface area contributed by atoms with Crippen molar-refractivity contribution in [1.29, 1.82) is 0 Å². The predicted octanol–water partition coefficient (Wildman–Crippen LogP) is 1.40. The summed E-state index contributed by atoms with van der Waals surface area (Å²) in [5.74, 6) is -0.654. The van der Waals surface area contributed by atoms with Crippen molar-refractivity contribution in [2.24, 2.45) is 5.92 Å². The van der Waals surface area contributed by atoms with Gasteiger partial charge in [0.15, 0.2) is 5.13 Å². The fraction of sp³-hybridized carbons (Fsp3) is 0.556. The highest BCUT2D eigenvalue weighted by molar-refractivity contribution is 7.15. The lowest BCUT2D eigenvalue weighted by atomic mass is 10.3. The third kappa shape index (κ3) is 1.59. The summed E-state index contributed by atoms with van der Waals surface area (Å²) in [6.07, 6.45) is 2.57. The molecule has 1 aromatic heterocycles. The van der Waals surface area contributed by atoms with Crippen molar-refractivity contribution in [2.45, 2.75) is 12.3 Å². The van der Waals surface area contributed by atoms with E-state index >= 15 is 0 Å². The summed E-state index contributed by atoms with van der Waals surface area (Å²) < 4.78 is 0. The van der Waals surface area contributed by atoms with Gasteiger partial charge < -0.3 is 10.0 Å². The number of carboxylic acid groups (broad SMARTS) is 1. The number of carboxylic acids is 1.